The van der Waals surface area contributed by atoms with Crippen molar-refractivity contribution in [2.45, 2.75) is 17.0 Å². The van der Waals surface area contributed by atoms with Crippen LogP contribution < -0.4 is 5.32 Å². The second kappa shape index (κ2) is 9.21. The molecule has 136 valence electrons. The number of hydrogen-bond donors (Lipinski definition) is 1. The number of benzene rings is 2. The van der Waals surface area contributed by atoms with E-state index in [0.29, 0.717) is 16.6 Å². The molecule has 27 heavy (non-hydrogen) atoms. The number of amides is 1. The van der Waals surface area contributed by atoms with E-state index in [2.05, 4.69) is 26.9 Å². The number of nitriles is 1. The molecule has 9 heteroatoms. The van der Waals surface area contributed by atoms with Gasteiger partial charge in [-0.25, -0.2) is 0 Å². The number of tetrazole rings is 1. The van der Waals surface area contributed by atoms with Crippen molar-refractivity contribution in [2.24, 2.45) is 0 Å². The first-order valence-corrected chi connectivity index (χ1v) is 10.0. The highest BCUT2D eigenvalue weighted by Gasteiger charge is 2.13. The van der Waals surface area contributed by atoms with Crippen LogP contribution in [0.1, 0.15) is 5.56 Å². The van der Waals surface area contributed by atoms with Gasteiger partial charge in [0.2, 0.25) is 11.1 Å². The summed E-state index contributed by atoms with van der Waals surface area (Å²) in [5.41, 5.74) is 2.62. The predicted molar refractivity (Wildman–Crippen MR) is 106 cm³/mol. The van der Waals surface area contributed by atoms with Crippen molar-refractivity contribution < 1.29 is 4.79 Å². The average Bonchev–Trinajstić information content (AvgIpc) is 3.14. The molecular weight excluding hydrogens is 380 g/mol. The lowest BCUT2D eigenvalue weighted by molar-refractivity contribution is -0.113. The molecule has 0 radical (unpaired) electrons. The van der Waals surface area contributed by atoms with Gasteiger partial charge in [0, 0.05) is 4.90 Å². The average molecular weight is 397 g/mol. The molecule has 0 bridgehead atoms. The minimum Gasteiger partial charge on any atom is -0.324 e. The van der Waals surface area contributed by atoms with Crippen molar-refractivity contribution >= 4 is 35.1 Å². The molecule has 1 amide bonds. The molecule has 0 aliphatic carbocycles. The minimum absolute atomic E-state index is 0.163. The smallest absolute Gasteiger partial charge is 0.234 e. The van der Waals surface area contributed by atoms with E-state index in [0.717, 1.165) is 16.1 Å². The van der Waals surface area contributed by atoms with Crippen molar-refractivity contribution in [1.82, 2.24) is 20.2 Å². The lowest BCUT2D eigenvalue weighted by Gasteiger charge is -2.10. The summed E-state index contributed by atoms with van der Waals surface area (Å²) >= 11 is 2.65. The van der Waals surface area contributed by atoms with E-state index in [1.165, 1.54) is 23.5 Å². The summed E-state index contributed by atoms with van der Waals surface area (Å²) in [6.07, 6.45) is 0. The summed E-state index contributed by atoms with van der Waals surface area (Å²) in [6, 6.07) is 17.3. The van der Waals surface area contributed by atoms with Gasteiger partial charge in [-0.1, -0.05) is 42.1 Å². The van der Waals surface area contributed by atoms with Gasteiger partial charge in [-0.15, -0.1) is 16.9 Å². The van der Waals surface area contributed by atoms with Gasteiger partial charge in [0.05, 0.1) is 28.9 Å². The number of anilines is 1. The van der Waals surface area contributed by atoms with Crippen molar-refractivity contribution in [3.63, 3.8) is 0 Å². The first-order valence-electron chi connectivity index (χ1n) is 8.05. The zero-order chi connectivity index (χ0) is 19.1. The molecule has 0 unspecified atom stereocenters. The fraction of sp³-hybridized carbons (Fsp3) is 0.167. The third kappa shape index (κ3) is 4.87. The Balaban J connectivity index is 1.66. The van der Waals surface area contributed by atoms with Crippen LogP contribution in [-0.2, 0) is 4.79 Å². The maximum Gasteiger partial charge on any atom is 0.234 e. The molecule has 0 saturated heterocycles. The van der Waals surface area contributed by atoms with Crippen LogP contribution in [0.15, 0.2) is 58.6 Å². The molecule has 0 aliphatic rings. The van der Waals surface area contributed by atoms with Crippen LogP contribution in [0.25, 0.3) is 5.69 Å². The lowest BCUT2D eigenvalue weighted by Crippen LogP contribution is -2.15. The van der Waals surface area contributed by atoms with Crippen molar-refractivity contribution in [3.05, 3.63) is 54.1 Å². The summed E-state index contributed by atoms with van der Waals surface area (Å²) in [4.78, 5) is 13.2. The van der Waals surface area contributed by atoms with Crippen LogP contribution in [0, 0.1) is 18.3 Å². The van der Waals surface area contributed by atoms with E-state index < -0.39 is 0 Å². The minimum atomic E-state index is -0.163. The largest absolute Gasteiger partial charge is 0.324 e. The van der Waals surface area contributed by atoms with E-state index in [1.54, 1.807) is 4.68 Å². The molecule has 0 spiro atoms. The van der Waals surface area contributed by atoms with Gasteiger partial charge < -0.3 is 5.32 Å². The number of para-hydroxylation sites is 2. The van der Waals surface area contributed by atoms with Gasteiger partial charge in [0.25, 0.3) is 0 Å². The summed E-state index contributed by atoms with van der Waals surface area (Å²) in [7, 11) is 0. The van der Waals surface area contributed by atoms with Gasteiger partial charge in [-0.3, -0.25) is 4.79 Å². The Hall–Kier alpha value is -2.83. The second-order valence-corrected chi connectivity index (χ2v) is 7.40. The van der Waals surface area contributed by atoms with Crippen LogP contribution in [0.4, 0.5) is 5.69 Å². The highest BCUT2D eigenvalue weighted by molar-refractivity contribution is 8.00. The normalized spacial score (nSPS) is 10.4. The zero-order valence-electron chi connectivity index (χ0n) is 14.5. The Morgan fingerprint density at radius 1 is 1.19 bits per heavy atom. The second-order valence-electron chi connectivity index (χ2n) is 5.44. The molecule has 0 atom stereocenters. The van der Waals surface area contributed by atoms with Gasteiger partial charge in [0.1, 0.15) is 0 Å². The number of aromatic nitrogens is 4. The van der Waals surface area contributed by atoms with Crippen LogP contribution in [0.5, 0.6) is 0 Å². The summed E-state index contributed by atoms with van der Waals surface area (Å²) in [6.45, 7) is 1.98. The van der Waals surface area contributed by atoms with E-state index in [9.17, 15) is 4.79 Å². The topological polar surface area (TPSA) is 96.5 Å². The lowest BCUT2D eigenvalue weighted by atomic mass is 10.2. The Labute approximate surface area is 165 Å². The first kappa shape index (κ1) is 18.9. The van der Waals surface area contributed by atoms with Crippen LogP contribution >= 0.6 is 23.5 Å². The van der Waals surface area contributed by atoms with E-state index in [1.807, 2.05) is 55.5 Å². The number of thioether (sulfide) groups is 2. The Morgan fingerprint density at radius 3 is 2.78 bits per heavy atom. The predicted octanol–water partition coefficient (Wildman–Crippen LogP) is 3.32. The van der Waals surface area contributed by atoms with Crippen LogP contribution in [-0.4, -0.2) is 37.6 Å². The van der Waals surface area contributed by atoms with Crippen molar-refractivity contribution in [3.8, 4) is 11.8 Å². The molecule has 0 aliphatic heterocycles. The molecule has 1 N–H and O–H groups in total. The summed E-state index contributed by atoms with van der Waals surface area (Å²) in [5, 5.41) is 23.9. The fourth-order valence-electron chi connectivity index (χ4n) is 2.34. The van der Waals surface area contributed by atoms with Gasteiger partial charge >= 0.3 is 0 Å². The fourth-order valence-corrected chi connectivity index (χ4v) is 3.70. The Morgan fingerprint density at radius 2 is 1.96 bits per heavy atom. The van der Waals surface area contributed by atoms with Crippen molar-refractivity contribution in [1.29, 1.82) is 5.26 Å². The number of aryl methyl sites for hydroxylation is 1. The molecule has 3 rings (SSSR count). The molecule has 7 nitrogen and oxygen atoms in total. The molecule has 1 heterocycles. The molecule has 0 fully saturated rings. The number of nitrogens with zero attached hydrogens (tertiary/aromatic N) is 5. The highest BCUT2D eigenvalue weighted by atomic mass is 32.2. The van der Waals surface area contributed by atoms with Crippen LogP contribution in [0.2, 0.25) is 0 Å². The number of nitrogens with one attached hydrogen (secondary N) is 1. The van der Waals surface area contributed by atoms with E-state index in [4.69, 9.17) is 5.26 Å². The third-order valence-corrected chi connectivity index (χ3v) is 5.43. The van der Waals surface area contributed by atoms with Gasteiger partial charge in [-0.05, 0) is 41.1 Å². The number of carbonyl (C=O) groups is 1. The molecule has 2 aromatic carbocycles. The number of carbonyl (C=O) groups excluding carboxylic acids is 1. The third-order valence-electron chi connectivity index (χ3n) is 3.57. The van der Waals surface area contributed by atoms with E-state index in [-0.39, 0.29) is 11.7 Å². The summed E-state index contributed by atoms with van der Waals surface area (Å²) in [5.74, 6) is 0.334. The van der Waals surface area contributed by atoms with Crippen LogP contribution in [0.3, 0.4) is 0 Å². The standard InChI is InChI=1S/C18H16N6OS2/c1-13-6-2-4-8-15(13)24-18(21-22-23-24)27-12-17(25)20-14-7-3-5-9-16(14)26-11-10-19/h2-9H,11-12H2,1H3,(H,20,25). The first-order chi connectivity index (χ1) is 13.2. The van der Waals surface area contributed by atoms with Gasteiger partial charge in [-0.2, -0.15) is 9.94 Å². The highest BCUT2D eigenvalue weighted by Crippen LogP contribution is 2.27. The molecular formula is C18H16N6OS2. The maximum absolute atomic E-state index is 12.4. The summed E-state index contributed by atoms with van der Waals surface area (Å²) < 4.78 is 1.63. The van der Waals surface area contributed by atoms with Gasteiger partial charge in [0.15, 0.2) is 0 Å². The zero-order valence-corrected chi connectivity index (χ0v) is 16.1. The Kier molecular flexibility index (Phi) is 6.46. The molecule has 0 saturated carbocycles. The number of rotatable bonds is 7. The maximum atomic E-state index is 12.4. The molecule has 1 aromatic heterocycles. The van der Waals surface area contributed by atoms with E-state index >= 15 is 0 Å². The quantitative estimate of drug-likeness (QED) is 0.612. The van der Waals surface area contributed by atoms with Crippen molar-refractivity contribution in [2.75, 3.05) is 16.8 Å². The SMILES string of the molecule is Cc1ccccc1-n1nnnc1SCC(=O)Nc1ccccc1SCC#N. The number of hydrogen-bond acceptors (Lipinski definition) is 7. The molecule has 3 aromatic rings. The monoisotopic (exact) mass is 396 g/mol. The Bertz CT molecular complexity index is 982.